The van der Waals surface area contributed by atoms with E-state index in [4.69, 9.17) is 10.3 Å². The van der Waals surface area contributed by atoms with Crippen LogP contribution in [-0.2, 0) is 24.5 Å². The van der Waals surface area contributed by atoms with Crippen LogP contribution < -0.4 is 32.3 Å². The van der Waals surface area contributed by atoms with Crippen LogP contribution in [0, 0.1) is 0 Å². The molecule has 0 aliphatic heterocycles. The summed E-state index contributed by atoms with van der Waals surface area (Å²) in [5, 5.41) is 23.1. The first-order valence-electron chi connectivity index (χ1n) is 13.8. The Morgan fingerprint density at radius 2 is 1.62 bits per heavy atom. The predicted molar refractivity (Wildman–Crippen MR) is 159 cm³/mol. The Bertz CT molecular complexity index is 1160. The Hall–Kier alpha value is -3.69. The number of nitrogens with one attached hydrogen (secondary N) is 5. The second-order valence-electron chi connectivity index (χ2n) is 9.80. The standard InChI is InChI=1S/C27H44N6O8S/c1-4-15-30-20-10-8-19(9-11-20)25(35)31-16-6-5-7-21(18(2)28)32-24(34)13-12-23(27(37)38)33-26(36)22(29-3)14-17-42(39,40)41/h8-11,21-23,29-30H,2,4-7,12-17,28H2,1,3H3,(H,31,35)(H,32,34)(H,33,36)(H,37,38)(H,39,40,41)/t21-,22?,23?/m0/s1. The smallest absolute Gasteiger partial charge is 0.326 e. The van der Waals surface area contributed by atoms with Crippen molar-refractivity contribution in [3.63, 3.8) is 0 Å². The monoisotopic (exact) mass is 612 g/mol. The molecule has 0 saturated heterocycles. The maximum absolute atomic E-state index is 12.5. The zero-order valence-electron chi connectivity index (χ0n) is 24.1. The molecule has 236 valence electrons. The Kier molecular flexibility index (Phi) is 16.2. The van der Waals surface area contributed by atoms with Crippen LogP contribution in [0.5, 0.6) is 0 Å². The Morgan fingerprint density at radius 3 is 2.17 bits per heavy atom. The van der Waals surface area contributed by atoms with E-state index in [0.29, 0.717) is 31.4 Å². The lowest BCUT2D eigenvalue weighted by Crippen LogP contribution is -2.50. The number of carboxylic acid groups (broad SMARTS) is 1. The number of rotatable bonds is 21. The van der Waals surface area contributed by atoms with Crippen molar-refractivity contribution < 1.29 is 37.3 Å². The number of amides is 3. The van der Waals surface area contributed by atoms with E-state index >= 15 is 0 Å². The molecular weight excluding hydrogens is 568 g/mol. The van der Waals surface area contributed by atoms with Crippen LogP contribution in [0.4, 0.5) is 5.69 Å². The number of likely N-dealkylation sites (N-methyl/N-ethyl adjacent to an activating group) is 1. The lowest BCUT2D eigenvalue weighted by molar-refractivity contribution is -0.142. The first kappa shape index (κ1) is 36.3. The fourth-order valence-corrected chi connectivity index (χ4v) is 4.41. The van der Waals surface area contributed by atoms with Crippen LogP contribution in [0.2, 0.25) is 0 Å². The molecule has 14 nitrogen and oxygen atoms in total. The molecule has 0 fully saturated rings. The second-order valence-corrected chi connectivity index (χ2v) is 11.4. The predicted octanol–water partition coefficient (Wildman–Crippen LogP) is 0.581. The Balaban J connectivity index is 2.48. The quantitative estimate of drug-likeness (QED) is 0.0707. The van der Waals surface area contributed by atoms with Crippen molar-refractivity contribution in [2.24, 2.45) is 5.73 Å². The SMILES string of the molecule is C=C(N)[C@H](CCCCNC(=O)c1ccc(NCCC)cc1)NC(=O)CCC(NC(=O)C(CCS(=O)(=O)O)NC)C(=O)O. The summed E-state index contributed by atoms with van der Waals surface area (Å²) in [6.45, 7) is 7.04. The zero-order valence-corrected chi connectivity index (χ0v) is 25.0. The van der Waals surface area contributed by atoms with Crippen LogP contribution >= 0.6 is 0 Å². The summed E-state index contributed by atoms with van der Waals surface area (Å²) >= 11 is 0. The van der Waals surface area contributed by atoms with Gasteiger partial charge >= 0.3 is 5.97 Å². The molecule has 0 radical (unpaired) electrons. The van der Waals surface area contributed by atoms with E-state index in [1.807, 2.05) is 12.1 Å². The molecule has 0 aliphatic carbocycles. The van der Waals surface area contributed by atoms with Crippen molar-refractivity contribution in [2.75, 3.05) is 31.2 Å². The summed E-state index contributed by atoms with van der Waals surface area (Å²) in [7, 11) is -2.92. The van der Waals surface area contributed by atoms with Gasteiger partial charge in [-0.25, -0.2) is 4.79 Å². The van der Waals surface area contributed by atoms with Gasteiger partial charge in [0.1, 0.15) is 6.04 Å². The fourth-order valence-electron chi connectivity index (χ4n) is 3.88. The highest BCUT2D eigenvalue weighted by molar-refractivity contribution is 7.85. The summed E-state index contributed by atoms with van der Waals surface area (Å²) in [5.74, 6) is -3.52. The minimum atomic E-state index is -4.30. The number of anilines is 1. The molecule has 3 atom stereocenters. The van der Waals surface area contributed by atoms with Gasteiger partial charge in [0.05, 0.1) is 17.8 Å². The number of carbonyl (C=O) groups is 4. The molecule has 0 spiro atoms. The van der Waals surface area contributed by atoms with Crippen molar-refractivity contribution >= 4 is 39.5 Å². The summed E-state index contributed by atoms with van der Waals surface area (Å²) in [6, 6.07) is 4.17. The summed E-state index contributed by atoms with van der Waals surface area (Å²) in [4.78, 5) is 48.9. The summed E-state index contributed by atoms with van der Waals surface area (Å²) in [5.41, 5.74) is 7.56. The van der Waals surface area contributed by atoms with E-state index in [1.165, 1.54) is 7.05 Å². The molecule has 0 heterocycles. The van der Waals surface area contributed by atoms with Crippen molar-refractivity contribution in [1.82, 2.24) is 21.3 Å². The number of carbonyl (C=O) groups excluding carboxylic acids is 3. The molecule has 9 N–H and O–H groups in total. The lowest BCUT2D eigenvalue weighted by Gasteiger charge is -2.21. The van der Waals surface area contributed by atoms with Gasteiger partial charge in [-0.2, -0.15) is 8.42 Å². The van der Waals surface area contributed by atoms with Gasteiger partial charge in [-0.05, 0) is 69.8 Å². The van der Waals surface area contributed by atoms with Crippen LogP contribution in [-0.4, -0.2) is 85.8 Å². The molecule has 2 unspecified atom stereocenters. The van der Waals surface area contributed by atoms with Gasteiger partial charge in [0.15, 0.2) is 0 Å². The third-order valence-electron chi connectivity index (χ3n) is 6.32. The third kappa shape index (κ3) is 14.8. The second kappa shape index (κ2) is 18.7. The van der Waals surface area contributed by atoms with Crippen LogP contribution in [0.25, 0.3) is 0 Å². The molecule has 1 aromatic carbocycles. The summed E-state index contributed by atoms with van der Waals surface area (Å²) in [6.07, 6.45) is 1.95. The van der Waals surface area contributed by atoms with E-state index in [2.05, 4.69) is 40.1 Å². The number of unbranched alkanes of at least 4 members (excludes halogenated alkanes) is 1. The number of aliphatic carboxylic acids is 1. The van der Waals surface area contributed by atoms with E-state index in [9.17, 15) is 32.7 Å². The maximum Gasteiger partial charge on any atom is 0.326 e. The molecule has 0 aromatic heterocycles. The summed E-state index contributed by atoms with van der Waals surface area (Å²) < 4.78 is 30.8. The van der Waals surface area contributed by atoms with Crippen molar-refractivity contribution in [3.05, 3.63) is 42.1 Å². The molecule has 3 amide bonds. The average Bonchev–Trinajstić information content (AvgIpc) is 2.92. The van der Waals surface area contributed by atoms with Gasteiger partial charge in [0.25, 0.3) is 16.0 Å². The molecule has 0 saturated carbocycles. The molecule has 1 aromatic rings. The minimum Gasteiger partial charge on any atom is -0.480 e. The largest absolute Gasteiger partial charge is 0.480 e. The number of carboxylic acids is 1. The van der Waals surface area contributed by atoms with Crippen molar-refractivity contribution in [3.8, 4) is 0 Å². The first-order valence-corrected chi connectivity index (χ1v) is 15.4. The van der Waals surface area contributed by atoms with E-state index in [-0.39, 0.29) is 30.9 Å². The number of benzene rings is 1. The van der Waals surface area contributed by atoms with E-state index in [0.717, 1.165) is 18.7 Å². The highest BCUT2D eigenvalue weighted by atomic mass is 32.2. The van der Waals surface area contributed by atoms with Gasteiger partial charge in [0, 0.05) is 36.5 Å². The number of hydrogen-bond acceptors (Lipinski definition) is 9. The number of hydrogen-bond donors (Lipinski definition) is 8. The average molecular weight is 613 g/mol. The van der Waals surface area contributed by atoms with Crippen molar-refractivity contribution in [1.29, 1.82) is 0 Å². The van der Waals surface area contributed by atoms with Gasteiger partial charge < -0.3 is 37.4 Å². The molecule has 15 heteroatoms. The zero-order chi connectivity index (χ0) is 31.7. The van der Waals surface area contributed by atoms with Gasteiger partial charge in [0.2, 0.25) is 11.8 Å². The minimum absolute atomic E-state index is 0.190. The molecule has 0 aliphatic rings. The highest BCUT2D eigenvalue weighted by Gasteiger charge is 2.26. The Labute approximate surface area is 247 Å². The van der Waals surface area contributed by atoms with Crippen molar-refractivity contribution in [2.45, 2.75) is 70.0 Å². The van der Waals surface area contributed by atoms with Crippen LogP contribution in [0.1, 0.15) is 62.2 Å². The fraction of sp³-hybridized carbons (Fsp3) is 0.556. The first-order chi connectivity index (χ1) is 19.8. The normalized spacial score (nSPS) is 13.3. The van der Waals surface area contributed by atoms with E-state index in [1.54, 1.807) is 12.1 Å². The van der Waals surface area contributed by atoms with Crippen LogP contribution in [0.3, 0.4) is 0 Å². The highest BCUT2D eigenvalue weighted by Crippen LogP contribution is 2.10. The topological polar surface area (TPSA) is 229 Å². The Morgan fingerprint density at radius 1 is 0.952 bits per heavy atom. The van der Waals surface area contributed by atoms with Gasteiger partial charge in [-0.3, -0.25) is 18.9 Å². The maximum atomic E-state index is 12.5. The molecule has 0 bridgehead atoms. The lowest BCUT2D eigenvalue weighted by atomic mass is 10.1. The molecule has 1 rings (SSSR count). The van der Waals surface area contributed by atoms with E-state index < -0.39 is 51.8 Å². The van der Waals surface area contributed by atoms with Gasteiger partial charge in [-0.15, -0.1) is 0 Å². The number of nitrogens with two attached hydrogens (primary N) is 1. The van der Waals surface area contributed by atoms with Gasteiger partial charge in [-0.1, -0.05) is 13.5 Å². The van der Waals surface area contributed by atoms with Crippen LogP contribution in [0.15, 0.2) is 36.5 Å². The molecule has 42 heavy (non-hydrogen) atoms. The third-order valence-corrected chi connectivity index (χ3v) is 7.07. The molecular formula is C27H44N6O8S.